The second kappa shape index (κ2) is 7.27. The Labute approximate surface area is 147 Å². The molecule has 0 heterocycles. The normalized spacial score (nSPS) is 19.4. The number of nitrogens with zero attached hydrogens (tertiary/aromatic N) is 1. The van der Waals surface area contributed by atoms with E-state index in [1.165, 1.54) is 14.2 Å². The molecule has 2 aromatic rings. The van der Waals surface area contributed by atoms with Crippen molar-refractivity contribution in [2.45, 2.75) is 18.4 Å². The minimum atomic E-state index is -0.783. The number of carbonyl (C=O) groups excluding carboxylic acids is 1. The van der Waals surface area contributed by atoms with Gasteiger partial charge in [-0.3, -0.25) is 4.79 Å². The highest BCUT2D eigenvalue weighted by molar-refractivity contribution is 5.83. The Morgan fingerprint density at radius 2 is 1.92 bits per heavy atom. The summed E-state index contributed by atoms with van der Waals surface area (Å²) in [5, 5.41) is 12.4. The number of carbonyl (C=O) groups is 1. The molecule has 1 aliphatic carbocycles. The highest BCUT2D eigenvalue weighted by atomic mass is 16.5. The fourth-order valence-electron chi connectivity index (χ4n) is 3.12. The van der Waals surface area contributed by atoms with Crippen LogP contribution < -0.4 is 14.8 Å². The molecule has 0 aliphatic heterocycles. The average Bonchev–Trinajstić information content (AvgIpc) is 3.47. The van der Waals surface area contributed by atoms with E-state index in [4.69, 9.17) is 9.47 Å². The van der Waals surface area contributed by atoms with Crippen LogP contribution in [0, 0.1) is 17.2 Å². The molecule has 3 rings (SSSR count). The maximum atomic E-state index is 12.6. The lowest BCUT2D eigenvalue weighted by Crippen LogP contribution is -2.29. The second-order valence-electron chi connectivity index (χ2n) is 6.01. The van der Waals surface area contributed by atoms with Crippen molar-refractivity contribution in [3.8, 4) is 17.6 Å². The van der Waals surface area contributed by atoms with Gasteiger partial charge in [0.05, 0.1) is 20.3 Å². The molecule has 5 heteroatoms. The molecule has 3 atom stereocenters. The van der Waals surface area contributed by atoms with E-state index in [0.29, 0.717) is 17.1 Å². The van der Waals surface area contributed by atoms with Crippen molar-refractivity contribution in [1.82, 2.24) is 5.32 Å². The van der Waals surface area contributed by atoms with Crippen LogP contribution in [0.5, 0.6) is 11.5 Å². The summed E-state index contributed by atoms with van der Waals surface area (Å²) in [6.07, 6.45) is 0.809. The van der Waals surface area contributed by atoms with Gasteiger partial charge in [-0.1, -0.05) is 42.5 Å². The predicted octanol–water partition coefficient (Wildman–Crippen LogP) is 3.19. The summed E-state index contributed by atoms with van der Waals surface area (Å²) in [4.78, 5) is 12.6. The lowest BCUT2D eigenvalue weighted by molar-refractivity contribution is -0.122. The zero-order valence-electron chi connectivity index (χ0n) is 14.2. The van der Waals surface area contributed by atoms with E-state index in [-0.39, 0.29) is 17.7 Å². The van der Waals surface area contributed by atoms with Crippen molar-refractivity contribution in [2.24, 2.45) is 5.92 Å². The standard InChI is InChI=1S/C20H20N2O3/c1-24-18-10-6-9-14(19(18)25-2)17(12-21)22-20(23)16-11-15(16)13-7-4-3-5-8-13/h3-10,15-17H,11H2,1-2H3,(H,22,23)/t15-,16-,17+/m1/s1. The summed E-state index contributed by atoms with van der Waals surface area (Å²) in [6.45, 7) is 0. The summed E-state index contributed by atoms with van der Waals surface area (Å²) < 4.78 is 10.6. The van der Waals surface area contributed by atoms with E-state index in [1.807, 2.05) is 30.3 Å². The number of rotatable bonds is 6. The number of hydrogen-bond acceptors (Lipinski definition) is 4. The predicted molar refractivity (Wildman–Crippen MR) is 93.3 cm³/mol. The molecule has 1 fully saturated rings. The van der Waals surface area contributed by atoms with E-state index in [9.17, 15) is 10.1 Å². The molecular formula is C20H20N2O3. The third-order valence-electron chi connectivity index (χ3n) is 4.52. The van der Waals surface area contributed by atoms with Crippen molar-refractivity contribution < 1.29 is 14.3 Å². The zero-order chi connectivity index (χ0) is 17.8. The average molecular weight is 336 g/mol. The number of para-hydroxylation sites is 1. The van der Waals surface area contributed by atoms with Gasteiger partial charge in [0.2, 0.25) is 5.91 Å². The van der Waals surface area contributed by atoms with Crippen molar-refractivity contribution in [2.75, 3.05) is 14.2 Å². The smallest absolute Gasteiger partial charge is 0.225 e. The summed E-state index contributed by atoms with van der Waals surface area (Å²) in [6, 6.07) is 16.6. The molecule has 0 radical (unpaired) electrons. The summed E-state index contributed by atoms with van der Waals surface area (Å²) in [5.74, 6) is 1.03. The minimum absolute atomic E-state index is 0.0881. The van der Waals surface area contributed by atoms with Gasteiger partial charge in [0.25, 0.3) is 0 Å². The number of nitrogens with one attached hydrogen (secondary N) is 1. The molecule has 2 aromatic carbocycles. The summed E-state index contributed by atoms with van der Waals surface area (Å²) in [7, 11) is 3.06. The van der Waals surface area contributed by atoms with Crippen molar-refractivity contribution >= 4 is 5.91 Å². The molecule has 0 unspecified atom stereocenters. The molecule has 25 heavy (non-hydrogen) atoms. The fraction of sp³-hybridized carbons (Fsp3) is 0.300. The van der Waals surface area contributed by atoms with Gasteiger partial charge in [-0.25, -0.2) is 0 Å². The lowest BCUT2D eigenvalue weighted by Gasteiger charge is -2.17. The monoisotopic (exact) mass is 336 g/mol. The molecule has 1 saturated carbocycles. The van der Waals surface area contributed by atoms with Gasteiger partial charge in [0.1, 0.15) is 6.04 Å². The quantitative estimate of drug-likeness (QED) is 0.879. The van der Waals surface area contributed by atoms with Gasteiger partial charge in [-0.2, -0.15) is 5.26 Å². The highest BCUT2D eigenvalue weighted by Gasteiger charge is 2.44. The Kier molecular flexibility index (Phi) is 4.90. The van der Waals surface area contributed by atoms with Crippen molar-refractivity contribution in [3.05, 3.63) is 59.7 Å². The van der Waals surface area contributed by atoms with Crippen molar-refractivity contribution in [1.29, 1.82) is 5.26 Å². The number of hydrogen-bond donors (Lipinski definition) is 1. The van der Waals surface area contributed by atoms with Gasteiger partial charge in [0, 0.05) is 11.5 Å². The topological polar surface area (TPSA) is 71.3 Å². The Morgan fingerprint density at radius 1 is 1.16 bits per heavy atom. The van der Waals surface area contributed by atoms with E-state index >= 15 is 0 Å². The fourth-order valence-corrected chi connectivity index (χ4v) is 3.12. The molecule has 1 N–H and O–H groups in total. The van der Waals surface area contributed by atoms with Gasteiger partial charge in [0.15, 0.2) is 11.5 Å². The van der Waals surface area contributed by atoms with Crippen LogP contribution in [0.4, 0.5) is 0 Å². The second-order valence-corrected chi connectivity index (χ2v) is 6.01. The maximum Gasteiger partial charge on any atom is 0.225 e. The van der Waals surface area contributed by atoms with Crippen LogP contribution in [-0.2, 0) is 4.79 Å². The number of nitriles is 1. The molecule has 1 aliphatic rings. The number of ether oxygens (including phenoxy) is 2. The van der Waals surface area contributed by atoms with E-state index in [2.05, 4.69) is 11.4 Å². The Morgan fingerprint density at radius 3 is 2.56 bits per heavy atom. The first-order valence-corrected chi connectivity index (χ1v) is 8.15. The molecule has 0 bridgehead atoms. The molecular weight excluding hydrogens is 316 g/mol. The molecule has 128 valence electrons. The number of amides is 1. The molecule has 0 spiro atoms. The van der Waals surface area contributed by atoms with E-state index in [1.54, 1.807) is 18.2 Å². The largest absolute Gasteiger partial charge is 0.493 e. The third-order valence-corrected chi connectivity index (χ3v) is 4.52. The highest BCUT2D eigenvalue weighted by Crippen LogP contribution is 2.47. The SMILES string of the molecule is COc1cccc([C@H](C#N)NC(=O)[C@@H]2C[C@@H]2c2ccccc2)c1OC. The maximum absolute atomic E-state index is 12.6. The van der Waals surface area contributed by atoms with Crippen LogP contribution in [0.1, 0.15) is 29.5 Å². The molecule has 0 aromatic heterocycles. The minimum Gasteiger partial charge on any atom is -0.493 e. The first kappa shape index (κ1) is 16.8. The van der Waals surface area contributed by atoms with Gasteiger partial charge < -0.3 is 14.8 Å². The van der Waals surface area contributed by atoms with Crippen LogP contribution in [0.15, 0.2) is 48.5 Å². The van der Waals surface area contributed by atoms with Gasteiger partial charge in [-0.15, -0.1) is 0 Å². The summed E-state index contributed by atoms with van der Waals surface area (Å²) >= 11 is 0. The van der Waals surface area contributed by atoms with E-state index in [0.717, 1.165) is 12.0 Å². The molecule has 1 amide bonds. The third kappa shape index (κ3) is 3.43. The summed E-state index contributed by atoms with van der Waals surface area (Å²) in [5.41, 5.74) is 1.75. The van der Waals surface area contributed by atoms with Crippen LogP contribution in [0.2, 0.25) is 0 Å². The van der Waals surface area contributed by atoms with Gasteiger partial charge in [-0.05, 0) is 24.0 Å². The van der Waals surface area contributed by atoms with Crippen LogP contribution in [0.3, 0.4) is 0 Å². The Hall–Kier alpha value is -3.00. The molecule has 5 nitrogen and oxygen atoms in total. The molecule has 0 saturated heterocycles. The number of benzene rings is 2. The number of methoxy groups -OCH3 is 2. The van der Waals surface area contributed by atoms with Crippen LogP contribution in [0.25, 0.3) is 0 Å². The zero-order valence-corrected chi connectivity index (χ0v) is 14.2. The van der Waals surface area contributed by atoms with E-state index < -0.39 is 6.04 Å². The first-order chi connectivity index (χ1) is 12.2. The first-order valence-electron chi connectivity index (χ1n) is 8.15. The lowest BCUT2D eigenvalue weighted by atomic mass is 10.0. The van der Waals surface area contributed by atoms with Crippen molar-refractivity contribution in [3.63, 3.8) is 0 Å². The Balaban J connectivity index is 1.74. The van der Waals surface area contributed by atoms with Crippen LogP contribution >= 0.6 is 0 Å². The Bertz CT molecular complexity index is 798. The van der Waals surface area contributed by atoms with Gasteiger partial charge >= 0.3 is 0 Å². The van der Waals surface area contributed by atoms with Crippen LogP contribution in [-0.4, -0.2) is 20.1 Å².